The first-order valence-electron chi connectivity index (χ1n) is 8.26. The van der Waals surface area contributed by atoms with E-state index in [0.717, 1.165) is 18.4 Å². The number of amides is 2. The van der Waals surface area contributed by atoms with Gasteiger partial charge in [-0.25, -0.2) is 0 Å². The normalized spacial score (nSPS) is 10.4. The predicted octanol–water partition coefficient (Wildman–Crippen LogP) is 2.52. The molecule has 0 fully saturated rings. The van der Waals surface area contributed by atoms with E-state index >= 15 is 0 Å². The third-order valence-electron chi connectivity index (χ3n) is 3.68. The number of unbranched alkanes of at least 4 members (excludes halogenated alkanes) is 1. The molecule has 1 aromatic carbocycles. The Bertz CT molecular complexity index is 680. The Morgan fingerprint density at radius 1 is 1.21 bits per heavy atom. The van der Waals surface area contributed by atoms with E-state index in [1.54, 1.807) is 13.1 Å². The number of carbonyl (C=O) groups excluding carboxylic acids is 2. The van der Waals surface area contributed by atoms with Crippen LogP contribution in [0.4, 0.5) is 5.82 Å². The van der Waals surface area contributed by atoms with Gasteiger partial charge in [0.2, 0.25) is 5.91 Å². The monoisotopic (exact) mass is 328 g/mol. The van der Waals surface area contributed by atoms with E-state index in [9.17, 15) is 9.59 Å². The van der Waals surface area contributed by atoms with Crippen LogP contribution in [0.2, 0.25) is 0 Å². The number of hydrogen-bond acceptors (Lipinski definition) is 3. The first-order chi connectivity index (χ1) is 11.6. The van der Waals surface area contributed by atoms with E-state index in [4.69, 9.17) is 0 Å². The van der Waals surface area contributed by atoms with Crippen molar-refractivity contribution in [3.05, 3.63) is 47.7 Å². The number of anilines is 1. The minimum atomic E-state index is -0.219. The van der Waals surface area contributed by atoms with Crippen molar-refractivity contribution in [2.75, 3.05) is 11.9 Å². The van der Waals surface area contributed by atoms with E-state index < -0.39 is 0 Å². The van der Waals surface area contributed by atoms with E-state index in [2.05, 4.69) is 22.7 Å². The third kappa shape index (κ3) is 5.22. The van der Waals surface area contributed by atoms with Gasteiger partial charge in [-0.3, -0.25) is 14.3 Å². The van der Waals surface area contributed by atoms with Crippen molar-refractivity contribution in [2.24, 2.45) is 7.05 Å². The van der Waals surface area contributed by atoms with E-state index in [1.807, 2.05) is 30.3 Å². The van der Waals surface area contributed by atoms with Crippen LogP contribution in [0.3, 0.4) is 0 Å². The molecule has 0 bridgehead atoms. The Balaban J connectivity index is 1.87. The van der Waals surface area contributed by atoms with Crippen molar-refractivity contribution in [1.29, 1.82) is 0 Å². The molecule has 0 atom stereocenters. The van der Waals surface area contributed by atoms with Crippen LogP contribution in [0.1, 0.15) is 42.2 Å². The second-order valence-corrected chi connectivity index (χ2v) is 5.68. The van der Waals surface area contributed by atoms with Gasteiger partial charge < -0.3 is 10.6 Å². The molecule has 0 radical (unpaired) electrons. The van der Waals surface area contributed by atoms with Crippen LogP contribution in [0.5, 0.6) is 0 Å². The number of aryl methyl sites for hydroxylation is 2. The van der Waals surface area contributed by atoms with Crippen molar-refractivity contribution in [1.82, 2.24) is 15.1 Å². The molecule has 0 saturated heterocycles. The number of aromatic nitrogens is 2. The quantitative estimate of drug-likeness (QED) is 0.731. The summed E-state index contributed by atoms with van der Waals surface area (Å²) >= 11 is 0. The van der Waals surface area contributed by atoms with E-state index in [0.29, 0.717) is 30.9 Å². The molecule has 1 aromatic heterocycles. The standard InChI is InChI=1S/C18H24N4O2/c1-3-4-12-19-18(24)15-13-16(22(2)21-15)20-17(23)11-10-14-8-6-5-7-9-14/h5-9,13H,3-4,10-12H2,1-2H3,(H,19,24)(H,20,23). The molecule has 24 heavy (non-hydrogen) atoms. The molecule has 6 nitrogen and oxygen atoms in total. The Kier molecular flexibility index (Phi) is 6.54. The molecule has 2 N–H and O–H groups in total. The van der Waals surface area contributed by atoms with Crippen LogP contribution >= 0.6 is 0 Å². The number of nitrogens with zero attached hydrogens (tertiary/aromatic N) is 2. The Hall–Kier alpha value is -2.63. The molecule has 1 heterocycles. The van der Waals surface area contributed by atoms with Crippen molar-refractivity contribution in [2.45, 2.75) is 32.6 Å². The molecular weight excluding hydrogens is 304 g/mol. The summed E-state index contributed by atoms with van der Waals surface area (Å²) in [5.41, 5.74) is 1.43. The van der Waals surface area contributed by atoms with Gasteiger partial charge >= 0.3 is 0 Å². The van der Waals surface area contributed by atoms with Crippen molar-refractivity contribution in [3.8, 4) is 0 Å². The lowest BCUT2D eigenvalue weighted by atomic mass is 10.1. The molecule has 0 unspecified atom stereocenters. The summed E-state index contributed by atoms with van der Waals surface area (Å²) in [4.78, 5) is 24.1. The van der Waals surface area contributed by atoms with Gasteiger partial charge in [-0.05, 0) is 18.4 Å². The van der Waals surface area contributed by atoms with Gasteiger partial charge in [-0.2, -0.15) is 5.10 Å². The summed E-state index contributed by atoms with van der Waals surface area (Å²) in [6, 6.07) is 11.5. The van der Waals surface area contributed by atoms with Gasteiger partial charge in [0, 0.05) is 26.1 Å². The maximum absolute atomic E-state index is 12.1. The van der Waals surface area contributed by atoms with Gasteiger partial charge in [-0.15, -0.1) is 0 Å². The lowest BCUT2D eigenvalue weighted by Crippen LogP contribution is -2.24. The first-order valence-corrected chi connectivity index (χ1v) is 8.26. The molecule has 0 aliphatic heterocycles. The topological polar surface area (TPSA) is 76.0 Å². The minimum Gasteiger partial charge on any atom is -0.351 e. The summed E-state index contributed by atoms with van der Waals surface area (Å²) < 4.78 is 1.51. The molecule has 0 spiro atoms. The molecule has 0 aliphatic rings. The van der Waals surface area contributed by atoms with Crippen molar-refractivity contribution < 1.29 is 9.59 Å². The zero-order chi connectivity index (χ0) is 17.4. The maximum Gasteiger partial charge on any atom is 0.271 e. The fourth-order valence-electron chi connectivity index (χ4n) is 2.27. The summed E-state index contributed by atoms with van der Waals surface area (Å²) in [6.07, 6.45) is 3.01. The zero-order valence-corrected chi connectivity index (χ0v) is 14.2. The molecule has 6 heteroatoms. The van der Waals surface area contributed by atoms with Crippen LogP contribution < -0.4 is 10.6 Å². The van der Waals surface area contributed by atoms with Gasteiger partial charge in [0.1, 0.15) is 5.82 Å². The highest BCUT2D eigenvalue weighted by molar-refractivity contribution is 5.95. The molecule has 2 rings (SSSR count). The highest BCUT2D eigenvalue weighted by Crippen LogP contribution is 2.11. The SMILES string of the molecule is CCCCNC(=O)c1cc(NC(=O)CCc2ccccc2)n(C)n1. The smallest absolute Gasteiger partial charge is 0.271 e. The number of benzene rings is 1. The van der Waals surface area contributed by atoms with Gasteiger partial charge in [0.05, 0.1) is 0 Å². The van der Waals surface area contributed by atoms with Crippen molar-refractivity contribution >= 4 is 17.6 Å². The summed E-state index contributed by atoms with van der Waals surface area (Å²) in [7, 11) is 1.70. The number of hydrogen-bond donors (Lipinski definition) is 2. The van der Waals surface area contributed by atoms with E-state index in [1.165, 1.54) is 4.68 Å². The lowest BCUT2D eigenvalue weighted by Gasteiger charge is -2.05. The number of rotatable bonds is 8. The largest absolute Gasteiger partial charge is 0.351 e. The van der Waals surface area contributed by atoms with Crippen LogP contribution in [-0.4, -0.2) is 28.1 Å². The van der Waals surface area contributed by atoms with Crippen LogP contribution in [-0.2, 0) is 18.3 Å². The average Bonchev–Trinajstić information content (AvgIpc) is 2.95. The highest BCUT2D eigenvalue weighted by atomic mass is 16.2. The van der Waals surface area contributed by atoms with Crippen LogP contribution in [0.25, 0.3) is 0 Å². The maximum atomic E-state index is 12.1. The molecule has 2 aromatic rings. The summed E-state index contributed by atoms with van der Waals surface area (Å²) in [5.74, 6) is 0.206. The second kappa shape index (κ2) is 8.86. The number of carbonyl (C=O) groups is 2. The fourth-order valence-corrected chi connectivity index (χ4v) is 2.27. The van der Waals surface area contributed by atoms with Gasteiger partial charge in [0.25, 0.3) is 5.91 Å². The lowest BCUT2D eigenvalue weighted by molar-refractivity contribution is -0.116. The van der Waals surface area contributed by atoms with Crippen LogP contribution in [0, 0.1) is 0 Å². The second-order valence-electron chi connectivity index (χ2n) is 5.68. The minimum absolute atomic E-state index is 0.0974. The highest BCUT2D eigenvalue weighted by Gasteiger charge is 2.14. The van der Waals surface area contributed by atoms with Gasteiger partial charge in [0.15, 0.2) is 5.69 Å². The van der Waals surface area contributed by atoms with Crippen molar-refractivity contribution in [3.63, 3.8) is 0 Å². The Morgan fingerprint density at radius 3 is 2.67 bits per heavy atom. The summed E-state index contributed by atoms with van der Waals surface area (Å²) in [5, 5.41) is 9.77. The molecule has 128 valence electrons. The number of nitrogens with one attached hydrogen (secondary N) is 2. The van der Waals surface area contributed by atoms with E-state index in [-0.39, 0.29) is 11.8 Å². The third-order valence-corrected chi connectivity index (χ3v) is 3.68. The zero-order valence-electron chi connectivity index (χ0n) is 14.2. The average molecular weight is 328 g/mol. The molecule has 0 saturated carbocycles. The van der Waals surface area contributed by atoms with Gasteiger partial charge in [-0.1, -0.05) is 43.7 Å². The molecule has 0 aliphatic carbocycles. The Morgan fingerprint density at radius 2 is 1.96 bits per heavy atom. The Labute approximate surface area is 142 Å². The summed E-state index contributed by atoms with van der Waals surface area (Å²) in [6.45, 7) is 2.70. The molecule has 2 amide bonds. The fraction of sp³-hybridized carbons (Fsp3) is 0.389. The first kappa shape index (κ1) is 17.7. The predicted molar refractivity (Wildman–Crippen MR) is 93.8 cm³/mol. The molecular formula is C18H24N4O2. The van der Waals surface area contributed by atoms with Crippen LogP contribution in [0.15, 0.2) is 36.4 Å².